The molecule has 0 saturated carbocycles. The van der Waals surface area contributed by atoms with E-state index in [1.165, 1.54) is 9.80 Å². The van der Waals surface area contributed by atoms with Gasteiger partial charge in [0.15, 0.2) is 6.04 Å². The minimum Gasteiger partial charge on any atom is -0.497 e. The van der Waals surface area contributed by atoms with Crippen LogP contribution in [0.25, 0.3) is 0 Å². The molecule has 7 heteroatoms. The Morgan fingerprint density at radius 3 is 2.35 bits per heavy atom. The molecule has 1 saturated heterocycles. The predicted octanol–water partition coefficient (Wildman–Crippen LogP) is 0.283. The summed E-state index contributed by atoms with van der Waals surface area (Å²) in [5.41, 5.74) is 0.737. The van der Waals surface area contributed by atoms with Gasteiger partial charge >= 0.3 is 0 Å². The zero-order valence-electron chi connectivity index (χ0n) is 18.8. The SMILES string of the molecule is CCOc1ccccc1NC(=O)[C@H](C)[NH+]1CC[NH+](CCOc2ccc(OC)cc2)CC1. The Morgan fingerprint density at radius 2 is 1.68 bits per heavy atom. The number of methoxy groups -OCH3 is 1. The van der Waals surface area contributed by atoms with Gasteiger partial charge in [-0.3, -0.25) is 4.79 Å². The van der Waals surface area contributed by atoms with Crippen LogP contribution in [0.3, 0.4) is 0 Å². The van der Waals surface area contributed by atoms with Crippen molar-refractivity contribution in [3.8, 4) is 17.2 Å². The second kappa shape index (κ2) is 11.6. The van der Waals surface area contributed by atoms with Gasteiger partial charge in [-0.05, 0) is 50.2 Å². The van der Waals surface area contributed by atoms with Crippen LogP contribution in [0.2, 0.25) is 0 Å². The van der Waals surface area contributed by atoms with Crippen LogP contribution < -0.4 is 29.3 Å². The third-order valence-corrected chi connectivity index (χ3v) is 5.83. The number of carbonyl (C=O) groups is 1. The Bertz CT molecular complexity index is 820. The van der Waals surface area contributed by atoms with E-state index >= 15 is 0 Å². The van der Waals surface area contributed by atoms with E-state index < -0.39 is 0 Å². The van der Waals surface area contributed by atoms with E-state index in [9.17, 15) is 4.79 Å². The van der Waals surface area contributed by atoms with E-state index in [0.717, 1.165) is 49.9 Å². The largest absolute Gasteiger partial charge is 0.497 e. The number of amides is 1. The lowest BCUT2D eigenvalue weighted by Gasteiger charge is -2.32. The number of para-hydroxylation sites is 2. The number of ether oxygens (including phenoxy) is 3. The number of benzene rings is 2. The first kappa shape index (κ1) is 22.9. The molecule has 2 aromatic rings. The number of carbonyl (C=O) groups excluding carboxylic acids is 1. The molecule has 1 fully saturated rings. The maximum Gasteiger partial charge on any atom is 0.282 e. The molecular formula is C24H35N3O4+2. The van der Waals surface area contributed by atoms with Crippen molar-refractivity contribution in [3.05, 3.63) is 48.5 Å². The van der Waals surface area contributed by atoms with Crippen LogP contribution in [0, 0.1) is 0 Å². The number of anilines is 1. The van der Waals surface area contributed by atoms with E-state index in [4.69, 9.17) is 14.2 Å². The second-order valence-electron chi connectivity index (χ2n) is 7.82. The van der Waals surface area contributed by atoms with Crippen molar-refractivity contribution in [2.45, 2.75) is 19.9 Å². The van der Waals surface area contributed by atoms with Gasteiger partial charge in [0.1, 0.15) is 56.6 Å². The minimum absolute atomic E-state index is 0.0356. The molecule has 0 spiro atoms. The Kier molecular flexibility index (Phi) is 8.55. The average Bonchev–Trinajstić information content (AvgIpc) is 2.81. The van der Waals surface area contributed by atoms with Gasteiger partial charge < -0.3 is 29.3 Å². The first-order chi connectivity index (χ1) is 15.1. The summed E-state index contributed by atoms with van der Waals surface area (Å²) in [5.74, 6) is 2.44. The molecule has 1 aliphatic rings. The first-order valence-electron chi connectivity index (χ1n) is 11.1. The van der Waals surface area contributed by atoms with Gasteiger partial charge in [-0.15, -0.1) is 0 Å². The van der Waals surface area contributed by atoms with Crippen LogP contribution in [0.5, 0.6) is 17.2 Å². The molecule has 3 rings (SSSR count). The average molecular weight is 430 g/mol. The molecule has 0 aromatic heterocycles. The molecule has 31 heavy (non-hydrogen) atoms. The van der Waals surface area contributed by atoms with Crippen molar-refractivity contribution in [1.82, 2.24) is 0 Å². The molecule has 1 atom stereocenters. The molecule has 168 valence electrons. The lowest BCUT2D eigenvalue weighted by molar-refractivity contribution is -1.02. The zero-order chi connectivity index (χ0) is 22.1. The van der Waals surface area contributed by atoms with Crippen molar-refractivity contribution in [1.29, 1.82) is 0 Å². The quantitative estimate of drug-likeness (QED) is 0.508. The summed E-state index contributed by atoms with van der Waals surface area (Å²) in [4.78, 5) is 15.6. The van der Waals surface area contributed by atoms with Crippen LogP contribution in [0.4, 0.5) is 5.69 Å². The van der Waals surface area contributed by atoms with Gasteiger partial charge in [-0.2, -0.15) is 0 Å². The molecule has 1 heterocycles. The highest BCUT2D eigenvalue weighted by molar-refractivity contribution is 5.94. The van der Waals surface area contributed by atoms with Gasteiger partial charge in [0.2, 0.25) is 0 Å². The number of rotatable bonds is 10. The van der Waals surface area contributed by atoms with Crippen molar-refractivity contribution in [3.63, 3.8) is 0 Å². The van der Waals surface area contributed by atoms with Crippen LogP contribution in [-0.2, 0) is 4.79 Å². The lowest BCUT2D eigenvalue weighted by atomic mass is 10.2. The molecular weight excluding hydrogens is 394 g/mol. The van der Waals surface area contributed by atoms with E-state index in [0.29, 0.717) is 19.0 Å². The molecule has 0 bridgehead atoms. The highest BCUT2D eigenvalue weighted by atomic mass is 16.5. The molecule has 7 nitrogen and oxygen atoms in total. The molecule has 0 aliphatic carbocycles. The molecule has 2 aromatic carbocycles. The molecule has 1 aliphatic heterocycles. The van der Waals surface area contributed by atoms with Crippen LogP contribution >= 0.6 is 0 Å². The fourth-order valence-corrected chi connectivity index (χ4v) is 3.87. The van der Waals surface area contributed by atoms with Gasteiger partial charge in [-0.1, -0.05) is 12.1 Å². The van der Waals surface area contributed by atoms with Crippen molar-refractivity contribution >= 4 is 11.6 Å². The van der Waals surface area contributed by atoms with Crippen molar-refractivity contribution < 1.29 is 28.8 Å². The highest BCUT2D eigenvalue weighted by Crippen LogP contribution is 2.23. The number of quaternary nitrogens is 2. The maximum atomic E-state index is 12.8. The molecule has 3 N–H and O–H groups in total. The van der Waals surface area contributed by atoms with E-state index in [1.54, 1.807) is 7.11 Å². The summed E-state index contributed by atoms with van der Waals surface area (Å²) >= 11 is 0. The normalized spacial score (nSPS) is 19.3. The first-order valence-corrected chi connectivity index (χ1v) is 11.1. The van der Waals surface area contributed by atoms with Crippen LogP contribution in [-0.4, -0.2) is 65.0 Å². The number of nitrogens with one attached hydrogen (secondary N) is 3. The summed E-state index contributed by atoms with van der Waals surface area (Å²) in [6.45, 7) is 10.2. The fourth-order valence-electron chi connectivity index (χ4n) is 3.87. The molecule has 1 amide bonds. The maximum absolute atomic E-state index is 12.8. The third kappa shape index (κ3) is 6.60. The van der Waals surface area contributed by atoms with Gasteiger partial charge in [-0.25, -0.2) is 0 Å². The third-order valence-electron chi connectivity index (χ3n) is 5.83. The van der Waals surface area contributed by atoms with Gasteiger partial charge in [0.25, 0.3) is 5.91 Å². The summed E-state index contributed by atoms with van der Waals surface area (Å²) < 4.78 is 16.6. The van der Waals surface area contributed by atoms with Gasteiger partial charge in [0, 0.05) is 0 Å². The van der Waals surface area contributed by atoms with Crippen molar-refractivity contribution in [2.75, 3.05) is 58.4 Å². The Hall–Kier alpha value is -2.77. The van der Waals surface area contributed by atoms with E-state index in [1.807, 2.05) is 62.4 Å². The number of piperazine rings is 1. The van der Waals surface area contributed by atoms with Crippen LogP contribution in [0.15, 0.2) is 48.5 Å². The summed E-state index contributed by atoms with van der Waals surface area (Å²) in [5, 5.41) is 3.04. The fraction of sp³-hybridized carbons (Fsp3) is 0.458. The monoisotopic (exact) mass is 429 g/mol. The van der Waals surface area contributed by atoms with E-state index in [2.05, 4.69) is 5.32 Å². The Labute approximate surface area is 184 Å². The number of hydrogen-bond acceptors (Lipinski definition) is 4. The summed E-state index contributed by atoms with van der Waals surface area (Å²) in [7, 11) is 1.66. The predicted molar refractivity (Wildman–Crippen MR) is 120 cm³/mol. The molecule has 0 unspecified atom stereocenters. The summed E-state index contributed by atoms with van der Waals surface area (Å²) in [6.07, 6.45) is 0. The topological polar surface area (TPSA) is 65.7 Å². The molecule has 0 radical (unpaired) electrons. The summed E-state index contributed by atoms with van der Waals surface area (Å²) in [6, 6.07) is 15.2. The standard InChI is InChI=1S/C24H33N3O4/c1-4-30-23-8-6-5-7-22(23)25-24(28)19(2)27-15-13-26(14-16-27)17-18-31-21-11-9-20(29-3)10-12-21/h5-12,19H,4,13-18H2,1-3H3,(H,25,28)/p+2/t19-/m0/s1. The second-order valence-corrected chi connectivity index (χ2v) is 7.82. The zero-order valence-corrected chi connectivity index (χ0v) is 18.8. The van der Waals surface area contributed by atoms with E-state index in [-0.39, 0.29) is 11.9 Å². The van der Waals surface area contributed by atoms with Crippen molar-refractivity contribution in [2.24, 2.45) is 0 Å². The smallest absolute Gasteiger partial charge is 0.282 e. The number of hydrogen-bond donors (Lipinski definition) is 3. The van der Waals surface area contributed by atoms with Gasteiger partial charge in [0.05, 0.1) is 19.4 Å². The lowest BCUT2D eigenvalue weighted by Crippen LogP contribution is -3.30. The van der Waals surface area contributed by atoms with Crippen LogP contribution in [0.1, 0.15) is 13.8 Å². The highest BCUT2D eigenvalue weighted by Gasteiger charge is 2.31. The Morgan fingerprint density at radius 1 is 1.00 bits per heavy atom. The minimum atomic E-state index is -0.105. The Balaban J connectivity index is 1.40.